The zero-order chi connectivity index (χ0) is 20.6. The van der Waals surface area contributed by atoms with Crippen LogP contribution in [0.25, 0.3) is 5.70 Å². The Labute approximate surface area is 164 Å². The van der Waals surface area contributed by atoms with E-state index < -0.39 is 22.0 Å². The normalized spacial score (nSPS) is 14.9. The smallest absolute Gasteiger partial charge is 0.259 e. The quantitative estimate of drug-likeness (QED) is 0.836. The number of anilines is 1. The number of hydrogen-bond acceptors (Lipinski definition) is 4. The Morgan fingerprint density at radius 1 is 1.11 bits per heavy atom. The number of nitrogens with zero attached hydrogens (tertiary/aromatic N) is 2. The Balaban J connectivity index is 1.81. The van der Waals surface area contributed by atoms with Gasteiger partial charge in [0.2, 0.25) is 15.9 Å². The summed E-state index contributed by atoms with van der Waals surface area (Å²) < 4.78 is 25.6. The number of carbonyl (C=O) groups is 2. The second kappa shape index (κ2) is 7.21. The molecule has 8 heteroatoms. The molecule has 7 nitrogen and oxygen atoms in total. The summed E-state index contributed by atoms with van der Waals surface area (Å²) in [5.41, 5.74) is 2.00. The topological polar surface area (TPSA) is 86.8 Å². The molecule has 3 rings (SSSR count). The summed E-state index contributed by atoms with van der Waals surface area (Å²) in [5.74, 6) is -0.728. The van der Waals surface area contributed by atoms with E-state index in [2.05, 4.69) is 11.9 Å². The van der Waals surface area contributed by atoms with Crippen molar-refractivity contribution in [3.63, 3.8) is 0 Å². The van der Waals surface area contributed by atoms with Gasteiger partial charge in [-0.25, -0.2) is 12.7 Å². The van der Waals surface area contributed by atoms with Gasteiger partial charge in [0.1, 0.15) is 6.04 Å². The number of sulfonamides is 1. The van der Waals surface area contributed by atoms with Gasteiger partial charge in [-0.15, -0.1) is 0 Å². The summed E-state index contributed by atoms with van der Waals surface area (Å²) in [7, 11) is -0.751. The molecule has 0 aliphatic carbocycles. The lowest BCUT2D eigenvalue weighted by Gasteiger charge is -2.24. The van der Waals surface area contributed by atoms with Crippen molar-refractivity contribution in [1.82, 2.24) is 9.21 Å². The highest BCUT2D eigenvalue weighted by atomic mass is 32.2. The van der Waals surface area contributed by atoms with Gasteiger partial charge in [0.15, 0.2) is 0 Å². The number of nitrogens with one attached hydrogen (secondary N) is 1. The lowest BCUT2D eigenvalue weighted by molar-refractivity contribution is -0.119. The maximum atomic E-state index is 12.7. The molecular formula is C20H21N3O4S. The predicted octanol–water partition coefficient (Wildman–Crippen LogP) is 2.39. The summed E-state index contributed by atoms with van der Waals surface area (Å²) in [6.45, 7) is 5.55. The van der Waals surface area contributed by atoms with Gasteiger partial charge in [-0.2, -0.15) is 0 Å². The van der Waals surface area contributed by atoms with Crippen LogP contribution in [0.2, 0.25) is 0 Å². The average molecular weight is 399 g/mol. The van der Waals surface area contributed by atoms with Crippen LogP contribution in [0.5, 0.6) is 0 Å². The SMILES string of the molecule is C=C1c2ccccc2C(=O)N1C(C)C(=O)Nc1cccc(S(=O)(=O)N(C)C)c1. The maximum absolute atomic E-state index is 12.7. The number of benzene rings is 2. The first-order valence-corrected chi connectivity index (χ1v) is 10.0. The summed E-state index contributed by atoms with van der Waals surface area (Å²) in [4.78, 5) is 26.8. The lowest BCUT2D eigenvalue weighted by atomic mass is 10.1. The van der Waals surface area contributed by atoms with E-state index in [0.717, 1.165) is 4.31 Å². The van der Waals surface area contributed by atoms with E-state index in [1.807, 2.05) is 6.07 Å². The third-order valence-electron chi connectivity index (χ3n) is 4.62. The molecule has 1 aliphatic heterocycles. The van der Waals surface area contributed by atoms with Crippen molar-refractivity contribution in [2.24, 2.45) is 0 Å². The highest BCUT2D eigenvalue weighted by Gasteiger charge is 2.36. The van der Waals surface area contributed by atoms with Gasteiger partial charge in [0.25, 0.3) is 5.91 Å². The number of amides is 2. The minimum absolute atomic E-state index is 0.0667. The number of rotatable bonds is 5. The molecule has 2 aromatic rings. The molecule has 28 heavy (non-hydrogen) atoms. The van der Waals surface area contributed by atoms with Crippen LogP contribution in [0.15, 0.2) is 60.0 Å². The fraction of sp³-hybridized carbons (Fsp3) is 0.200. The van der Waals surface area contributed by atoms with Crippen LogP contribution in [0.1, 0.15) is 22.8 Å². The lowest BCUT2D eigenvalue weighted by Crippen LogP contribution is -2.41. The fourth-order valence-electron chi connectivity index (χ4n) is 3.02. The van der Waals surface area contributed by atoms with Gasteiger partial charge in [-0.05, 0) is 31.2 Å². The van der Waals surface area contributed by atoms with Gasteiger partial charge in [0.05, 0.1) is 4.90 Å². The van der Waals surface area contributed by atoms with Crippen molar-refractivity contribution >= 4 is 33.2 Å². The summed E-state index contributed by atoms with van der Waals surface area (Å²) in [6.07, 6.45) is 0. The maximum Gasteiger partial charge on any atom is 0.259 e. The number of hydrogen-bond donors (Lipinski definition) is 1. The van der Waals surface area contributed by atoms with E-state index in [-0.39, 0.29) is 10.8 Å². The van der Waals surface area contributed by atoms with Gasteiger partial charge >= 0.3 is 0 Å². The first-order valence-electron chi connectivity index (χ1n) is 8.60. The third kappa shape index (κ3) is 3.32. The molecule has 0 saturated carbocycles. The minimum atomic E-state index is -3.62. The third-order valence-corrected chi connectivity index (χ3v) is 6.44. The molecule has 0 radical (unpaired) electrons. The first-order chi connectivity index (χ1) is 13.1. The van der Waals surface area contributed by atoms with Crippen LogP contribution >= 0.6 is 0 Å². The van der Waals surface area contributed by atoms with E-state index >= 15 is 0 Å². The number of fused-ring (bicyclic) bond motifs is 1. The van der Waals surface area contributed by atoms with Crippen molar-refractivity contribution < 1.29 is 18.0 Å². The van der Waals surface area contributed by atoms with Gasteiger partial charge in [-0.1, -0.05) is 30.8 Å². The van der Waals surface area contributed by atoms with Crippen LogP contribution in [-0.2, 0) is 14.8 Å². The predicted molar refractivity (Wildman–Crippen MR) is 107 cm³/mol. The molecule has 0 bridgehead atoms. The van der Waals surface area contributed by atoms with Crippen LogP contribution < -0.4 is 5.32 Å². The van der Waals surface area contributed by atoms with Crippen LogP contribution in [0.4, 0.5) is 5.69 Å². The Hall–Kier alpha value is -2.97. The van der Waals surface area contributed by atoms with Crippen molar-refractivity contribution in [2.45, 2.75) is 17.9 Å². The van der Waals surface area contributed by atoms with Gasteiger partial charge < -0.3 is 5.32 Å². The first kappa shape index (κ1) is 19.8. The highest BCUT2D eigenvalue weighted by Crippen LogP contribution is 2.33. The van der Waals surface area contributed by atoms with Crippen molar-refractivity contribution in [3.05, 3.63) is 66.2 Å². The Bertz CT molecular complexity index is 1040. The molecule has 1 aliphatic rings. The Kier molecular flexibility index (Phi) is 5.10. The second-order valence-corrected chi connectivity index (χ2v) is 8.80. The van der Waals surface area contributed by atoms with Gasteiger partial charge in [-0.3, -0.25) is 14.5 Å². The van der Waals surface area contributed by atoms with Gasteiger partial charge in [0, 0.05) is 36.6 Å². The molecule has 1 N–H and O–H groups in total. The molecule has 1 atom stereocenters. The van der Waals surface area contributed by atoms with E-state index in [1.165, 1.54) is 31.1 Å². The van der Waals surface area contributed by atoms with E-state index in [1.54, 1.807) is 37.3 Å². The average Bonchev–Trinajstić information content (AvgIpc) is 2.92. The summed E-state index contributed by atoms with van der Waals surface area (Å²) in [6, 6.07) is 12.2. The molecule has 1 unspecified atom stereocenters. The molecule has 2 amide bonds. The zero-order valence-electron chi connectivity index (χ0n) is 15.8. The molecule has 1 heterocycles. The summed E-state index contributed by atoms with van der Waals surface area (Å²) in [5, 5.41) is 2.68. The number of carbonyl (C=O) groups excluding carboxylic acids is 2. The van der Waals surface area contributed by atoms with E-state index in [4.69, 9.17) is 0 Å². The van der Waals surface area contributed by atoms with Crippen molar-refractivity contribution in [3.8, 4) is 0 Å². The molecule has 0 saturated heterocycles. The Morgan fingerprint density at radius 3 is 2.36 bits per heavy atom. The molecule has 146 valence electrons. The molecule has 0 fully saturated rings. The van der Waals surface area contributed by atoms with Crippen molar-refractivity contribution in [2.75, 3.05) is 19.4 Å². The Morgan fingerprint density at radius 2 is 1.75 bits per heavy atom. The largest absolute Gasteiger partial charge is 0.324 e. The van der Waals surface area contributed by atoms with E-state index in [9.17, 15) is 18.0 Å². The van der Waals surface area contributed by atoms with Crippen molar-refractivity contribution in [1.29, 1.82) is 0 Å². The van der Waals surface area contributed by atoms with Crippen LogP contribution in [0.3, 0.4) is 0 Å². The highest BCUT2D eigenvalue weighted by molar-refractivity contribution is 7.89. The zero-order valence-corrected chi connectivity index (χ0v) is 16.7. The minimum Gasteiger partial charge on any atom is -0.324 e. The monoisotopic (exact) mass is 399 g/mol. The fourth-order valence-corrected chi connectivity index (χ4v) is 3.97. The second-order valence-electron chi connectivity index (χ2n) is 6.65. The van der Waals surface area contributed by atoms with Crippen LogP contribution in [-0.4, -0.2) is 49.6 Å². The van der Waals surface area contributed by atoms with E-state index in [0.29, 0.717) is 22.5 Å². The van der Waals surface area contributed by atoms with Crippen LogP contribution in [0, 0.1) is 0 Å². The molecule has 0 aromatic heterocycles. The molecule has 0 spiro atoms. The summed E-state index contributed by atoms with van der Waals surface area (Å²) >= 11 is 0. The molecule has 2 aromatic carbocycles. The standard InChI is InChI=1S/C20H21N3O4S/c1-13-17-10-5-6-11-18(17)20(25)23(13)14(2)19(24)21-15-8-7-9-16(12-15)28(26,27)22(3)4/h5-12,14H,1H2,2-4H3,(H,21,24). The molecular weight excluding hydrogens is 378 g/mol.